The highest BCUT2D eigenvalue weighted by Gasteiger charge is 2.09. The fourth-order valence-corrected chi connectivity index (χ4v) is 1.39. The van der Waals surface area contributed by atoms with Gasteiger partial charge in [0.05, 0.1) is 12.4 Å². The maximum Gasteiger partial charge on any atom is 0.277 e. The molecule has 0 radical (unpaired) electrons. The van der Waals surface area contributed by atoms with E-state index in [1.807, 2.05) is 19.1 Å². The van der Waals surface area contributed by atoms with Gasteiger partial charge in [0.25, 0.3) is 5.91 Å². The van der Waals surface area contributed by atoms with Gasteiger partial charge in [-0.15, -0.1) is 0 Å². The lowest BCUT2D eigenvalue weighted by molar-refractivity contribution is 0.102. The Bertz CT molecular complexity index is 559. The Morgan fingerprint density at radius 2 is 2.12 bits per heavy atom. The molecule has 5 nitrogen and oxygen atoms in total. The Kier molecular flexibility index (Phi) is 3.30. The minimum atomic E-state index is -0.391. The molecule has 0 saturated carbocycles. The number of rotatable bonds is 2. The number of carbonyl (C=O) groups excluding carboxylic acids is 1. The first-order valence-electron chi connectivity index (χ1n) is 4.88. The molecule has 6 heteroatoms. The van der Waals surface area contributed by atoms with Gasteiger partial charge in [0, 0.05) is 5.69 Å². The van der Waals surface area contributed by atoms with Gasteiger partial charge in [0.15, 0.2) is 0 Å². The molecule has 2 aromatic heterocycles. The monoisotopic (exact) mass is 248 g/mol. The number of aromatic nitrogens is 3. The van der Waals surface area contributed by atoms with E-state index in [9.17, 15) is 4.79 Å². The van der Waals surface area contributed by atoms with E-state index in [0.717, 1.165) is 5.69 Å². The Morgan fingerprint density at radius 3 is 2.82 bits per heavy atom. The summed E-state index contributed by atoms with van der Waals surface area (Å²) in [6, 6.07) is 5.35. The molecule has 0 fully saturated rings. The molecule has 2 heterocycles. The standard InChI is InChI=1S/C11H9ClN4O/c1-7-3-2-4-10(14-7)16-11(17)8-5-13-6-9(12)15-8/h2-6H,1H3,(H,14,16,17). The first-order valence-corrected chi connectivity index (χ1v) is 5.25. The molecule has 1 N–H and O–H groups in total. The third kappa shape index (κ3) is 2.98. The van der Waals surface area contributed by atoms with Gasteiger partial charge in [0.1, 0.15) is 16.7 Å². The molecule has 86 valence electrons. The fraction of sp³-hybridized carbons (Fsp3) is 0.0909. The predicted octanol–water partition coefficient (Wildman–Crippen LogP) is 2.09. The van der Waals surface area contributed by atoms with Crippen LogP contribution in [0.1, 0.15) is 16.2 Å². The number of nitrogens with one attached hydrogen (secondary N) is 1. The molecule has 0 unspecified atom stereocenters. The van der Waals surface area contributed by atoms with Crippen molar-refractivity contribution in [2.75, 3.05) is 5.32 Å². The topological polar surface area (TPSA) is 67.8 Å². The number of hydrogen-bond donors (Lipinski definition) is 1. The molecule has 0 bridgehead atoms. The van der Waals surface area contributed by atoms with E-state index >= 15 is 0 Å². The summed E-state index contributed by atoms with van der Waals surface area (Å²) in [4.78, 5) is 23.6. The highest BCUT2D eigenvalue weighted by molar-refractivity contribution is 6.29. The molecule has 0 spiro atoms. The third-order valence-electron chi connectivity index (χ3n) is 1.97. The van der Waals surface area contributed by atoms with Crippen LogP contribution in [0.3, 0.4) is 0 Å². The van der Waals surface area contributed by atoms with Crippen molar-refractivity contribution in [2.24, 2.45) is 0 Å². The first-order chi connectivity index (χ1) is 8.15. The van der Waals surface area contributed by atoms with Gasteiger partial charge < -0.3 is 5.32 Å². The van der Waals surface area contributed by atoms with Crippen molar-refractivity contribution >= 4 is 23.3 Å². The second-order valence-corrected chi connectivity index (χ2v) is 3.73. The molecule has 1 amide bonds. The molecule has 0 aliphatic heterocycles. The molecule has 0 aliphatic carbocycles. The van der Waals surface area contributed by atoms with Crippen molar-refractivity contribution in [3.8, 4) is 0 Å². The quantitative estimate of drug-likeness (QED) is 0.884. The van der Waals surface area contributed by atoms with Gasteiger partial charge in [-0.2, -0.15) is 0 Å². The average Bonchev–Trinajstić information content (AvgIpc) is 2.29. The van der Waals surface area contributed by atoms with Crippen molar-refractivity contribution in [2.45, 2.75) is 6.92 Å². The zero-order valence-corrected chi connectivity index (χ0v) is 9.77. The fourth-order valence-electron chi connectivity index (χ4n) is 1.24. The number of pyridine rings is 1. The summed E-state index contributed by atoms with van der Waals surface area (Å²) < 4.78 is 0. The van der Waals surface area contributed by atoms with Crippen LogP contribution in [-0.4, -0.2) is 20.9 Å². The second-order valence-electron chi connectivity index (χ2n) is 3.35. The highest BCUT2D eigenvalue weighted by atomic mass is 35.5. The molecular weight excluding hydrogens is 240 g/mol. The van der Waals surface area contributed by atoms with Crippen LogP contribution in [0.2, 0.25) is 5.15 Å². The molecule has 2 aromatic rings. The summed E-state index contributed by atoms with van der Waals surface area (Å²) in [5, 5.41) is 2.79. The first kappa shape index (κ1) is 11.5. The van der Waals surface area contributed by atoms with Gasteiger partial charge in [-0.05, 0) is 19.1 Å². The number of hydrogen-bond acceptors (Lipinski definition) is 4. The summed E-state index contributed by atoms with van der Waals surface area (Å²) in [6.45, 7) is 1.84. The molecule has 0 atom stereocenters. The molecule has 0 saturated heterocycles. The van der Waals surface area contributed by atoms with Crippen LogP contribution in [-0.2, 0) is 0 Å². The summed E-state index contributed by atoms with van der Waals surface area (Å²) in [5.74, 6) is 0.0786. The predicted molar refractivity (Wildman–Crippen MR) is 64.0 cm³/mol. The van der Waals surface area contributed by atoms with Crippen molar-refractivity contribution in [1.82, 2.24) is 15.0 Å². The van der Waals surface area contributed by atoms with Crippen LogP contribution in [0.15, 0.2) is 30.6 Å². The minimum absolute atomic E-state index is 0.154. The lowest BCUT2D eigenvalue weighted by Crippen LogP contribution is -2.15. The van der Waals surface area contributed by atoms with Crippen LogP contribution >= 0.6 is 11.6 Å². The highest BCUT2D eigenvalue weighted by Crippen LogP contribution is 2.07. The Morgan fingerprint density at radius 1 is 1.29 bits per heavy atom. The van der Waals surface area contributed by atoms with Gasteiger partial charge >= 0.3 is 0 Å². The lowest BCUT2D eigenvalue weighted by atomic mass is 10.3. The van der Waals surface area contributed by atoms with E-state index in [2.05, 4.69) is 20.3 Å². The van der Waals surface area contributed by atoms with Gasteiger partial charge in [-0.3, -0.25) is 9.78 Å². The van der Waals surface area contributed by atoms with Crippen LogP contribution in [0.5, 0.6) is 0 Å². The minimum Gasteiger partial charge on any atom is -0.305 e. The van der Waals surface area contributed by atoms with E-state index in [4.69, 9.17) is 11.6 Å². The largest absolute Gasteiger partial charge is 0.305 e. The summed E-state index contributed by atoms with van der Waals surface area (Å²) in [7, 11) is 0. The van der Waals surface area contributed by atoms with E-state index in [1.54, 1.807) is 6.07 Å². The second kappa shape index (κ2) is 4.88. The summed E-state index contributed by atoms with van der Waals surface area (Å²) >= 11 is 5.65. The van der Waals surface area contributed by atoms with Gasteiger partial charge in [-0.25, -0.2) is 9.97 Å². The van der Waals surface area contributed by atoms with E-state index in [1.165, 1.54) is 12.4 Å². The van der Waals surface area contributed by atoms with Crippen molar-refractivity contribution in [3.63, 3.8) is 0 Å². The van der Waals surface area contributed by atoms with Crippen molar-refractivity contribution < 1.29 is 4.79 Å². The third-order valence-corrected chi connectivity index (χ3v) is 2.15. The Hall–Kier alpha value is -2.01. The average molecular weight is 249 g/mol. The smallest absolute Gasteiger partial charge is 0.277 e. The lowest BCUT2D eigenvalue weighted by Gasteiger charge is -2.04. The summed E-state index contributed by atoms with van der Waals surface area (Å²) in [5.41, 5.74) is 0.973. The number of halogens is 1. The molecule has 0 aliphatic rings. The molecule has 17 heavy (non-hydrogen) atoms. The maximum absolute atomic E-state index is 11.8. The van der Waals surface area contributed by atoms with Crippen LogP contribution in [0.25, 0.3) is 0 Å². The zero-order valence-electron chi connectivity index (χ0n) is 9.01. The Balaban J connectivity index is 2.17. The van der Waals surface area contributed by atoms with E-state index in [0.29, 0.717) is 5.82 Å². The molecule has 0 aromatic carbocycles. The SMILES string of the molecule is Cc1cccc(NC(=O)c2cncc(Cl)n2)n1. The number of anilines is 1. The number of nitrogens with zero attached hydrogens (tertiary/aromatic N) is 3. The van der Waals surface area contributed by atoms with Crippen molar-refractivity contribution in [1.29, 1.82) is 0 Å². The van der Waals surface area contributed by atoms with Crippen LogP contribution in [0, 0.1) is 6.92 Å². The Labute approximate surface area is 103 Å². The van der Waals surface area contributed by atoms with Gasteiger partial charge in [-0.1, -0.05) is 17.7 Å². The number of amides is 1. The zero-order chi connectivity index (χ0) is 12.3. The summed E-state index contributed by atoms with van der Waals surface area (Å²) in [6.07, 6.45) is 2.71. The molecular formula is C11H9ClN4O. The maximum atomic E-state index is 11.8. The molecule has 2 rings (SSSR count). The van der Waals surface area contributed by atoms with Gasteiger partial charge in [0.2, 0.25) is 0 Å². The number of aryl methyl sites for hydroxylation is 1. The normalized spacial score (nSPS) is 10.0. The van der Waals surface area contributed by atoms with Crippen molar-refractivity contribution in [3.05, 3.63) is 47.1 Å². The number of carbonyl (C=O) groups is 1. The van der Waals surface area contributed by atoms with Crippen LogP contribution in [0.4, 0.5) is 5.82 Å². The van der Waals surface area contributed by atoms with E-state index < -0.39 is 5.91 Å². The van der Waals surface area contributed by atoms with E-state index in [-0.39, 0.29) is 10.8 Å². The van der Waals surface area contributed by atoms with Crippen LogP contribution < -0.4 is 5.32 Å².